The number of hydrogen-bond acceptors (Lipinski definition) is 2. The second kappa shape index (κ2) is 3.12. The molecule has 14 heavy (non-hydrogen) atoms. The topological polar surface area (TPSA) is 24.4 Å². The molecule has 0 bridgehead atoms. The van der Waals surface area contributed by atoms with Crippen molar-refractivity contribution in [2.24, 2.45) is 4.99 Å². The van der Waals surface area contributed by atoms with Crippen LogP contribution in [0.1, 0.15) is 31.9 Å². The molecule has 1 N–H and O–H groups in total. The third-order valence-corrected chi connectivity index (χ3v) is 2.51. The number of fused-ring (bicyclic) bond motifs is 1. The lowest BCUT2D eigenvalue weighted by molar-refractivity contribution is 0.590. The average Bonchev–Trinajstić information content (AvgIpc) is 2.15. The summed E-state index contributed by atoms with van der Waals surface area (Å²) in [6.07, 6.45) is 1.79. The van der Waals surface area contributed by atoms with Crippen molar-refractivity contribution in [1.29, 1.82) is 0 Å². The molecule has 0 unspecified atom stereocenters. The Labute approximate surface area is 85.1 Å². The van der Waals surface area contributed by atoms with Gasteiger partial charge in [0.05, 0.1) is 12.0 Å². The van der Waals surface area contributed by atoms with E-state index in [1.807, 2.05) is 0 Å². The lowest BCUT2D eigenvalue weighted by Crippen LogP contribution is -2.18. The van der Waals surface area contributed by atoms with E-state index in [2.05, 4.69) is 49.3 Å². The van der Waals surface area contributed by atoms with Crippen molar-refractivity contribution in [2.75, 3.05) is 0 Å². The number of para-hydroxylation sites is 1. The Kier molecular flexibility index (Phi) is 2.06. The van der Waals surface area contributed by atoms with Gasteiger partial charge in [0.25, 0.3) is 0 Å². The molecule has 0 atom stereocenters. The summed E-state index contributed by atoms with van der Waals surface area (Å²) in [5.74, 6) is 0. The van der Waals surface area contributed by atoms with Crippen LogP contribution in [0.5, 0.6) is 0 Å². The number of rotatable bonds is 0. The number of nitrogens with one attached hydrogen (secondary N) is 1. The molecule has 1 aliphatic rings. The van der Waals surface area contributed by atoms with Crippen molar-refractivity contribution in [3.63, 3.8) is 0 Å². The van der Waals surface area contributed by atoms with Gasteiger partial charge in [-0.1, -0.05) is 39.0 Å². The van der Waals surface area contributed by atoms with Crippen LogP contribution in [0.3, 0.4) is 0 Å². The molecule has 1 aromatic carbocycles. The summed E-state index contributed by atoms with van der Waals surface area (Å²) >= 11 is 0. The quantitative estimate of drug-likeness (QED) is 0.665. The normalized spacial score (nSPS) is 14.8. The van der Waals surface area contributed by atoms with Crippen LogP contribution >= 0.6 is 0 Å². The maximum atomic E-state index is 4.42. The van der Waals surface area contributed by atoms with Crippen molar-refractivity contribution in [3.05, 3.63) is 29.3 Å². The number of benzene rings is 1. The minimum Gasteiger partial charge on any atom is -0.372 e. The van der Waals surface area contributed by atoms with Crippen molar-refractivity contribution in [1.82, 2.24) is 5.32 Å². The summed E-state index contributed by atoms with van der Waals surface area (Å²) in [7, 11) is 0. The molecule has 0 aliphatic carbocycles. The Morgan fingerprint density at radius 2 is 2.07 bits per heavy atom. The van der Waals surface area contributed by atoms with Crippen LogP contribution in [0.25, 0.3) is 0 Å². The van der Waals surface area contributed by atoms with Crippen LogP contribution in [-0.2, 0) is 12.0 Å². The third kappa shape index (κ3) is 1.52. The standard InChI is InChI=1S/C12H16N2/c1-12(2,3)10-6-4-5-9-7-13-8-14-11(9)10/h4-6,8H,7H2,1-3H3,(H,13,14). The van der Waals surface area contributed by atoms with Gasteiger partial charge < -0.3 is 5.32 Å². The molecule has 0 radical (unpaired) electrons. The predicted octanol–water partition coefficient (Wildman–Crippen LogP) is 2.75. The molecule has 0 fully saturated rings. The maximum Gasteiger partial charge on any atom is 0.0889 e. The molecule has 2 rings (SSSR count). The first-order valence-electron chi connectivity index (χ1n) is 4.97. The summed E-state index contributed by atoms with van der Waals surface area (Å²) in [5.41, 5.74) is 3.94. The molecule has 0 spiro atoms. The molecule has 1 heterocycles. The van der Waals surface area contributed by atoms with Gasteiger partial charge in [0.15, 0.2) is 0 Å². The summed E-state index contributed by atoms with van der Waals surface area (Å²) < 4.78 is 0. The first-order chi connectivity index (χ1) is 6.59. The fourth-order valence-electron chi connectivity index (χ4n) is 1.76. The third-order valence-electron chi connectivity index (χ3n) is 2.51. The summed E-state index contributed by atoms with van der Waals surface area (Å²) in [6, 6.07) is 6.41. The fourth-order valence-corrected chi connectivity index (χ4v) is 1.76. The van der Waals surface area contributed by atoms with E-state index in [4.69, 9.17) is 0 Å². The molecule has 0 saturated heterocycles. The molecule has 2 nitrogen and oxygen atoms in total. The predicted molar refractivity (Wildman–Crippen MR) is 60.1 cm³/mol. The van der Waals surface area contributed by atoms with Gasteiger partial charge in [0.1, 0.15) is 0 Å². The number of aliphatic imine (C=N–C) groups is 1. The second-order valence-electron chi connectivity index (χ2n) is 4.70. The molecule has 0 amide bonds. The minimum absolute atomic E-state index is 0.167. The molecule has 1 aromatic rings. The monoisotopic (exact) mass is 188 g/mol. The Balaban J connectivity index is 2.58. The average molecular weight is 188 g/mol. The van der Waals surface area contributed by atoms with E-state index in [-0.39, 0.29) is 5.41 Å². The van der Waals surface area contributed by atoms with Crippen LogP contribution in [-0.4, -0.2) is 6.34 Å². The highest BCUT2D eigenvalue weighted by molar-refractivity contribution is 5.69. The first-order valence-corrected chi connectivity index (χ1v) is 4.97. The van der Waals surface area contributed by atoms with E-state index in [1.165, 1.54) is 11.1 Å². The zero-order valence-electron chi connectivity index (χ0n) is 8.96. The van der Waals surface area contributed by atoms with Crippen molar-refractivity contribution < 1.29 is 0 Å². The van der Waals surface area contributed by atoms with Gasteiger partial charge in [0.2, 0.25) is 0 Å². The molecular formula is C12H16N2. The highest BCUT2D eigenvalue weighted by Crippen LogP contribution is 2.34. The van der Waals surface area contributed by atoms with Gasteiger partial charge in [-0.25, -0.2) is 4.99 Å². The number of hydrogen-bond donors (Lipinski definition) is 1. The summed E-state index contributed by atoms with van der Waals surface area (Å²) in [5, 5.41) is 3.13. The Morgan fingerprint density at radius 3 is 2.79 bits per heavy atom. The molecule has 1 aliphatic heterocycles. The van der Waals surface area contributed by atoms with Crippen molar-refractivity contribution in [3.8, 4) is 0 Å². The Bertz CT molecular complexity index is 372. The lowest BCUT2D eigenvalue weighted by Gasteiger charge is -2.24. The second-order valence-corrected chi connectivity index (χ2v) is 4.70. The zero-order chi connectivity index (χ0) is 10.2. The van der Waals surface area contributed by atoms with Gasteiger partial charge in [-0.05, 0) is 16.5 Å². The summed E-state index contributed by atoms with van der Waals surface area (Å²) in [4.78, 5) is 4.42. The van der Waals surface area contributed by atoms with Gasteiger partial charge in [-0.2, -0.15) is 0 Å². The van der Waals surface area contributed by atoms with Crippen LogP contribution in [0.2, 0.25) is 0 Å². The molecular weight excluding hydrogens is 172 g/mol. The fraction of sp³-hybridized carbons (Fsp3) is 0.417. The van der Waals surface area contributed by atoms with Crippen molar-refractivity contribution in [2.45, 2.75) is 32.7 Å². The first kappa shape index (κ1) is 9.25. The number of nitrogens with zero attached hydrogens (tertiary/aromatic N) is 1. The van der Waals surface area contributed by atoms with Crippen LogP contribution in [0, 0.1) is 0 Å². The van der Waals surface area contributed by atoms with Crippen LogP contribution < -0.4 is 5.32 Å². The maximum absolute atomic E-state index is 4.42. The van der Waals surface area contributed by atoms with E-state index in [0.717, 1.165) is 12.2 Å². The van der Waals surface area contributed by atoms with E-state index in [0.29, 0.717) is 0 Å². The highest BCUT2D eigenvalue weighted by atomic mass is 15.0. The van der Waals surface area contributed by atoms with Crippen LogP contribution in [0.4, 0.5) is 5.69 Å². The van der Waals surface area contributed by atoms with E-state index in [1.54, 1.807) is 6.34 Å². The minimum atomic E-state index is 0.167. The zero-order valence-corrected chi connectivity index (χ0v) is 8.96. The smallest absolute Gasteiger partial charge is 0.0889 e. The van der Waals surface area contributed by atoms with E-state index in [9.17, 15) is 0 Å². The molecule has 0 saturated carbocycles. The van der Waals surface area contributed by atoms with Crippen LogP contribution in [0.15, 0.2) is 23.2 Å². The highest BCUT2D eigenvalue weighted by Gasteiger charge is 2.20. The summed E-state index contributed by atoms with van der Waals surface area (Å²) in [6.45, 7) is 7.56. The van der Waals surface area contributed by atoms with Crippen molar-refractivity contribution >= 4 is 12.0 Å². The molecule has 0 aromatic heterocycles. The van der Waals surface area contributed by atoms with E-state index >= 15 is 0 Å². The Hall–Kier alpha value is -1.31. The van der Waals surface area contributed by atoms with Gasteiger partial charge in [-0.15, -0.1) is 0 Å². The van der Waals surface area contributed by atoms with E-state index < -0.39 is 0 Å². The molecule has 74 valence electrons. The van der Waals surface area contributed by atoms with Gasteiger partial charge >= 0.3 is 0 Å². The van der Waals surface area contributed by atoms with Gasteiger partial charge in [-0.3, -0.25) is 0 Å². The Morgan fingerprint density at radius 1 is 1.29 bits per heavy atom. The SMILES string of the molecule is CC(C)(C)c1cccc2c1N=CNC2. The van der Waals surface area contributed by atoms with Gasteiger partial charge in [0, 0.05) is 6.54 Å². The molecule has 2 heteroatoms. The largest absolute Gasteiger partial charge is 0.372 e. The lowest BCUT2D eigenvalue weighted by atomic mass is 9.84.